The summed E-state index contributed by atoms with van der Waals surface area (Å²) in [7, 11) is 0. The lowest BCUT2D eigenvalue weighted by atomic mass is 9.86. The lowest BCUT2D eigenvalue weighted by Crippen LogP contribution is -2.34. The minimum absolute atomic E-state index is 0.161. The summed E-state index contributed by atoms with van der Waals surface area (Å²) >= 11 is 3.62. The minimum atomic E-state index is -0.184. The Bertz CT molecular complexity index is 1120. The van der Waals surface area contributed by atoms with Gasteiger partial charge in [-0.1, -0.05) is 52.3 Å². The Hall–Kier alpha value is -2.92. The topological polar surface area (TPSA) is 59.8 Å². The summed E-state index contributed by atoms with van der Waals surface area (Å²) < 4.78 is 1.57. The summed E-state index contributed by atoms with van der Waals surface area (Å²) in [4.78, 5) is 16.2. The Labute approximate surface area is 165 Å². The lowest BCUT2D eigenvalue weighted by molar-refractivity contribution is -0.607. The van der Waals surface area contributed by atoms with E-state index in [9.17, 15) is 10.0 Å². The number of para-hydroxylation sites is 1. The number of H-pyrrole nitrogens is 1. The van der Waals surface area contributed by atoms with Gasteiger partial charge < -0.3 is 10.2 Å². The third kappa shape index (κ3) is 3.38. The van der Waals surface area contributed by atoms with Gasteiger partial charge >= 0.3 is 0 Å². The van der Waals surface area contributed by atoms with E-state index in [2.05, 4.69) is 20.9 Å². The molecule has 0 amide bonds. The molecule has 1 N–H and O–H groups in total. The largest absolute Gasteiger partial charge is 0.618 e. The number of nitrogens with one attached hydrogen (secondary N) is 1. The third-order valence-electron chi connectivity index (χ3n) is 4.78. The molecule has 1 atom stereocenters. The molecule has 0 spiro atoms. The number of rotatable bonds is 5. The van der Waals surface area contributed by atoms with Gasteiger partial charge in [0.05, 0.1) is 0 Å². The van der Waals surface area contributed by atoms with Gasteiger partial charge in [0.15, 0.2) is 6.20 Å². The van der Waals surface area contributed by atoms with E-state index < -0.39 is 0 Å². The fourth-order valence-corrected chi connectivity index (χ4v) is 4.02. The second-order valence-electron chi connectivity index (χ2n) is 6.40. The number of hydrogen-bond donors (Lipinski definition) is 1. The van der Waals surface area contributed by atoms with Crippen LogP contribution in [0.1, 0.15) is 34.0 Å². The van der Waals surface area contributed by atoms with Crippen LogP contribution in [0.15, 0.2) is 83.6 Å². The van der Waals surface area contributed by atoms with Crippen LogP contribution in [0, 0.1) is 5.21 Å². The van der Waals surface area contributed by atoms with E-state index >= 15 is 0 Å². The average Bonchev–Trinajstić information content (AvgIpc) is 3.11. The fourth-order valence-electron chi connectivity index (χ4n) is 3.46. The first-order chi connectivity index (χ1) is 13.1. The standard InChI is InChI=1S/C22H17BrN2O2/c23-19-9-3-1-7-15(19)17(13-22(26)21-11-5-6-12-25(21)27)18-14-24-20-10-4-2-8-16(18)20/h1-12,14,17,24H,13H2/t17-/m1/s1. The molecule has 4 nitrogen and oxygen atoms in total. The van der Waals surface area contributed by atoms with E-state index in [1.807, 2.05) is 54.7 Å². The number of ketones is 1. The SMILES string of the molecule is O=C(C[C@H](c1ccccc1Br)c1c[nH]c2ccccc12)c1cccc[n+]1[O-]. The van der Waals surface area contributed by atoms with E-state index in [-0.39, 0.29) is 23.8 Å². The van der Waals surface area contributed by atoms with Crippen LogP contribution in [0.25, 0.3) is 10.9 Å². The molecule has 27 heavy (non-hydrogen) atoms. The highest BCUT2D eigenvalue weighted by Crippen LogP contribution is 2.37. The summed E-state index contributed by atoms with van der Waals surface area (Å²) in [5, 5.41) is 13.1. The van der Waals surface area contributed by atoms with E-state index in [1.54, 1.807) is 18.2 Å². The van der Waals surface area contributed by atoms with Gasteiger partial charge in [0.1, 0.15) is 0 Å². The first-order valence-electron chi connectivity index (χ1n) is 8.67. The Morgan fingerprint density at radius 1 is 1.00 bits per heavy atom. The van der Waals surface area contributed by atoms with Crippen LogP contribution in [0.3, 0.4) is 0 Å². The van der Waals surface area contributed by atoms with Crippen molar-refractivity contribution < 1.29 is 9.52 Å². The summed E-state index contributed by atoms with van der Waals surface area (Å²) in [5.41, 5.74) is 3.24. The minimum Gasteiger partial charge on any atom is -0.618 e. The Kier molecular flexibility index (Phi) is 4.77. The number of fused-ring (bicyclic) bond motifs is 1. The Morgan fingerprint density at radius 2 is 1.74 bits per heavy atom. The van der Waals surface area contributed by atoms with Crippen molar-refractivity contribution in [2.75, 3.05) is 0 Å². The lowest BCUT2D eigenvalue weighted by Gasteiger charge is -2.18. The first-order valence-corrected chi connectivity index (χ1v) is 9.46. The molecule has 134 valence electrons. The molecule has 0 aliphatic carbocycles. The molecule has 4 rings (SSSR count). The van der Waals surface area contributed by atoms with Crippen molar-refractivity contribution >= 4 is 32.6 Å². The number of carbonyl (C=O) groups excluding carboxylic acids is 1. The number of nitrogens with zero attached hydrogens (tertiary/aromatic N) is 1. The van der Waals surface area contributed by atoms with Gasteiger partial charge in [0, 0.05) is 46.0 Å². The molecule has 4 aromatic rings. The van der Waals surface area contributed by atoms with Gasteiger partial charge in [0.2, 0.25) is 5.78 Å². The van der Waals surface area contributed by atoms with Crippen LogP contribution in [0.2, 0.25) is 0 Å². The van der Waals surface area contributed by atoms with Crippen LogP contribution >= 0.6 is 15.9 Å². The highest BCUT2D eigenvalue weighted by atomic mass is 79.9. The Balaban J connectivity index is 1.81. The maximum absolute atomic E-state index is 12.9. The third-order valence-corrected chi connectivity index (χ3v) is 5.50. The van der Waals surface area contributed by atoms with E-state index in [0.717, 1.165) is 26.5 Å². The monoisotopic (exact) mass is 420 g/mol. The van der Waals surface area contributed by atoms with E-state index in [1.165, 1.54) is 6.20 Å². The van der Waals surface area contributed by atoms with Gasteiger partial charge in [-0.2, -0.15) is 4.73 Å². The molecule has 0 fully saturated rings. The molecular weight excluding hydrogens is 404 g/mol. The van der Waals surface area contributed by atoms with Gasteiger partial charge in [-0.05, 0) is 29.3 Å². The molecule has 0 radical (unpaired) electrons. The summed E-state index contributed by atoms with van der Waals surface area (Å²) in [6.45, 7) is 0. The predicted octanol–water partition coefficient (Wildman–Crippen LogP) is 4.97. The predicted molar refractivity (Wildman–Crippen MR) is 109 cm³/mol. The first kappa shape index (κ1) is 17.5. The van der Waals surface area contributed by atoms with Crippen molar-refractivity contribution in [3.05, 3.63) is 106 Å². The summed E-state index contributed by atoms with van der Waals surface area (Å²) in [6, 6.07) is 20.8. The zero-order chi connectivity index (χ0) is 18.8. The van der Waals surface area contributed by atoms with Crippen LogP contribution < -0.4 is 4.73 Å². The second-order valence-corrected chi connectivity index (χ2v) is 7.26. The number of hydrogen-bond acceptors (Lipinski definition) is 2. The smallest absolute Gasteiger partial charge is 0.259 e. The van der Waals surface area contributed by atoms with Gasteiger partial charge in [-0.3, -0.25) is 4.79 Å². The van der Waals surface area contributed by atoms with Crippen molar-refractivity contribution in [3.8, 4) is 0 Å². The highest BCUT2D eigenvalue weighted by Gasteiger charge is 2.26. The van der Waals surface area contributed by atoms with Crippen molar-refractivity contribution in [1.82, 2.24) is 4.98 Å². The number of Topliss-reactive ketones (excluding diaryl/α,β-unsaturated/α-hetero) is 1. The molecule has 5 heteroatoms. The summed E-state index contributed by atoms with van der Waals surface area (Å²) in [5.74, 6) is -0.360. The van der Waals surface area contributed by atoms with E-state index in [0.29, 0.717) is 4.73 Å². The van der Waals surface area contributed by atoms with Crippen LogP contribution in [-0.4, -0.2) is 10.8 Å². The molecule has 0 aliphatic heterocycles. The second kappa shape index (κ2) is 7.37. The molecule has 2 aromatic heterocycles. The number of aromatic nitrogens is 2. The van der Waals surface area contributed by atoms with Crippen molar-refractivity contribution in [2.24, 2.45) is 0 Å². The zero-order valence-corrected chi connectivity index (χ0v) is 16.0. The molecule has 0 saturated carbocycles. The molecular formula is C22H17BrN2O2. The van der Waals surface area contributed by atoms with Gasteiger partial charge in [-0.15, -0.1) is 0 Å². The molecule has 0 unspecified atom stereocenters. The van der Waals surface area contributed by atoms with Gasteiger partial charge in [0.25, 0.3) is 5.69 Å². The highest BCUT2D eigenvalue weighted by molar-refractivity contribution is 9.10. The number of aromatic amines is 1. The Morgan fingerprint density at radius 3 is 2.56 bits per heavy atom. The van der Waals surface area contributed by atoms with Crippen molar-refractivity contribution in [3.63, 3.8) is 0 Å². The zero-order valence-electron chi connectivity index (χ0n) is 14.4. The molecule has 2 aromatic carbocycles. The maximum Gasteiger partial charge on any atom is 0.259 e. The fraction of sp³-hybridized carbons (Fsp3) is 0.0909. The van der Waals surface area contributed by atoms with E-state index in [4.69, 9.17) is 0 Å². The van der Waals surface area contributed by atoms with Crippen molar-refractivity contribution in [2.45, 2.75) is 12.3 Å². The molecule has 0 bridgehead atoms. The summed E-state index contributed by atoms with van der Waals surface area (Å²) in [6.07, 6.45) is 3.52. The number of carbonyl (C=O) groups is 1. The normalized spacial score (nSPS) is 12.2. The maximum atomic E-state index is 12.9. The van der Waals surface area contributed by atoms with Crippen LogP contribution in [0.4, 0.5) is 0 Å². The number of halogens is 1. The number of pyridine rings is 1. The van der Waals surface area contributed by atoms with Crippen LogP contribution in [-0.2, 0) is 0 Å². The quantitative estimate of drug-likeness (QED) is 0.281. The van der Waals surface area contributed by atoms with Gasteiger partial charge in [-0.25, -0.2) is 0 Å². The molecule has 0 aliphatic rings. The van der Waals surface area contributed by atoms with Crippen LogP contribution in [0.5, 0.6) is 0 Å². The molecule has 2 heterocycles. The average molecular weight is 421 g/mol. The van der Waals surface area contributed by atoms with Crippen molar-refractivity contribution in [1.29, 1.82) is 0 Å². The molecule has 0 saturated heterocycles. The number of benzene rings is 2.